The maximum atomic E-state index is 11.6. The van der Waals surface area contributed by atoms with Crippen molar-refractivity contribution in [3.63, 3.8) is 0 Å². The Labute approximate surface area is 89.0 Å². The van der Waals surface area contributed by atoms with E-state index in [0.717, 1.165) is 17.0 Å². The zero-order chi connectivity index (χ0) is 10.8. The topological polar surface area (TPSA) is 29.5 Å². The molecule has 1 aromatic carbocycles. The molecule has 0 bridgehead atoms. The van der Waals surface area contributed by atoms with Gasteiger partial charge < -0.3 is 4.74 Å². The summed E-state index contributed by atoms with van der Waals surface area (Å²) >= 11 is 0. The second-order valence-corrected chi connectivity index (χ2v) is 3.61. The van der Waals surface area contributed by atoms with E-state index in [1.807, 2.05) is 37.4 Å². The maximum absolute atomic E-state index is 11.6. The number of hydrogen-bond donors (Lipinski definition) is 0. The van der Waals surface area contributed by atoms with Crippen LogP contribution in [0, 0.1) is 0 Å². The smallest absolute Gasteiger partial charge is 0.235 e. The van der Waals surface area contributed by atoms with Crippen LogP contribution in [-0.4, -0.2) is 13.0 Å². The number of carbonyl (C=O) groups is 1. The fourth-order valence-electron chi connectivity index (χ4n) is 1.62. The number of rotatable bonds is 2. The van der Waals surface area contributed by atoms with Gasteiger partial charge in [0, 0.05) is 18.3 Å². The first-order valence-corrected chi connectivity index (χ1v) is 4.84. The van der Waals surface area contributed by atoms with Gasteiger partial charge in [-0.2, -0.15) is 0 Å². The Morgan fingerprint density at radius 2 is 1.93 bits per heavy atom. The quantitative estimate of drug-likeness (QED) is 0.738. The first-order valence-electron chi connectivity index (χ1n) is 4.84. The average molecular weight is 203 g/mol. The van der Waals surface area contributed by atoms with Gasteiger partial charge in [0.25, 0.3) is 0 Å². The molecular formula is C12H13NO2. The molecule has 1 aliphatic rings. The Morgan fingerprint density at radius 3 is 2.40 bits per heavy atom. The molecule has 15 heavy (non-hydrogen) atoms. The molecule has 0 saturated heterocycles. The van der Waals surface area contributed by atoms with Gasteiger partial charge in [-0.1, -0.05) is 0 Å². The molecule has 1 heterocycles. The molecule has 1 aromatic rings. The Bertz CT molecular complexity index is 406. The predicted octanol–water partition coefficient (Wildman–Crippen LogP) is 2.34. The van der Waals surface area contributed by atoms with Gasteiger partial charge >= 0.3 is 0 Å². The molecule has 2 rings (SSSR count). The van der Waals surface area contributed by atoms with E-state index < -0.39 is 0 Å². The SMILES string of the molecule is COc1ccc(N2C=C(C)CC2=O)cc1. The Hall–Kier alpha value is -1.77. The lowest BCUT2D eigenvalue weighted by Crippen LogP contribution is -2.19. The molecule has 1 amide bonds. The van der Waals surface area contributed by atoms with Crippen molar-refractivity contribution >= 4 is 11.6 Å². The zero-order valence-electron chi connectivity index (χ0n) is 8.86. The summed E-state index contributed by atoms with van der Waals surface area (Å²) in [5, 5.41) is 0. The van der Waals surface area contributed by atoms with Crippen LogP contribution in [0.25, 0.3) is 0 Å². The normalized spacial score (nSPS) is 15.5. The highest BCUT2D eigenvalue weighted by Gasteiger charge is 2.20. The van der Waals surface area contributed by atoms with Crippen molar-refractivity contribution in [1.29, 1.82) is 0 Å². The summed E-state index contributed by atoms with van der Waals surface area (Å²) in [4.78, 5) is 13.3. The van der Waals surface area contributed by atoms with Crippen LogP contribution in [0.5, 0.6) is 5.75 Å². The fraction of sp³-hybridized carbons (Fsp3) is 0.250. The van der Waals surface area contributed by atoms with Crippen molar-refractivity contribution in [1.82, 2.24) is 0 Å². The van der Waals surface area contributed by atoms with Crippen molar-refractivity contribution in [2.45, 2.75) is 13.3 Å². The van der Waals surface area contributed by atoms with E-state index in [0.29, 0.717) is 6.42 Å². The van der Waals surface area contributed by atoms with E-state index in [1.54, 1.807) is 12.0 Å². The molecule has 3 heteroatoms. The first-order chi connectivity index (χ1) is 7.20. The van der Waals surface area contributed by atoms with E-state index >= 15 is 0 Å². The largest absolute Gasteiger partial charge is 0.497 e. The second kappa shape index (κ2) is 3.77. The highest BCUT2D eigenvalue weighted by Crippen LogP contribution is 2.25. The third kappa shape index (κ3) is 1.86. The summed E-state index contributed by atoms with van der Waals surface area (Å²) < 4.78 is 5.06. The summed E-state index contributed by atoms with van der Waals surface area (Å²) in [5.74, 6) is 0.920. The molecule has 0 radical (unpaired) electrons. The van der Waals surface area contributed by atoms with Crippen LogP contribution in [0.1, 0.15) is 13.3 Å². The second-order valence-electron chi connectivity index (χ2n) is 3.61. The monoisotopic (exact) mass is 203 g/mol. The fourth-order valence-corrected chi connectivity index (χ4v) is 1.62. The molecule has 0 atom stereocenters. The van der Waals surface area contributed by atoms with Gasteiger partial charge in [-0.15, -0.1) is 0 Å². The third-order valence-corrected chi connectivity index (χ3v) is 2.40. The molecule has 0 spiro atoms. The van der Waals surface area contributed by atoms with Gasteiger partial charge in [0.2, 0.25) is 5.91 Å². The van der Waals surface area contributed by atoms with Crippen molar-refractivity contribution in [2.24, 2.45) is 0 Å². The van der Waals surface area contributed by atoms with Crippen LogP contribution >= 0.6 is 0 Å². The molecule has 3 nitrogen and oxygen atoms in total. The van der Waals surface area contributed by atoms with E-state index in [9.17, 15) is 4.79 Å². The summed E-state index contributed by atoms with van der Waals surface area (Å²) in [6, 6.07) is 7.46. The lowest BCUT2D eigenvalue weighted by Gasteiger charge is -2.13. The van der Waals surface area contributed by atoms with Crippen LogP contribution in [0.4, 0.5) is 5.69 Å². The van der Waals surface area contributed by atoms with Gasteiger partial charge in [0.15, 0.2) is 0 Å². The number of benzene rings is 1. The Kier molecular flexibility index (Phi) is 2.46. The zero-order valence-corrected chi connectivity index (χ0v) is 8.86. The van der Waals surface area contributed by atoms with Gasteiger partial charge in [0.1, 0.15) is 5.75 Å². The number of methoxy groups -OCH3 is 1. The minimum Gasteiger partial charge on any atom is -0.497 e. The third-order valence-electron chi connectivity index (χ3n) is 2.40. The minimum absolute atomic E-state index is 0.123. The Balaban J connectivity index is 2.26. The predicted molar refractivity (Wildman–Crippen MR) is 58.9 cm³/mol. The summed E-state index contributed by atoms with van der Waals surface area (Å²) in [7, 11) is 1.63. The van der Waals surface area contributed by atoms with Gasteiger partial charge in [-0.25, -0.2) is 0 Å². The number of hydrogen-bond acceptors (Lipinski definition) is 2. The van der Waals surface area contributed by atoms with Crippen LogP contribution < -0.4 is 9.64 Å². The van der Waals surface area contributed by atoms with Gasteiger partial charge in [-0.05, 0) is 36.8 Å². The van der Waals surface area contributed by atoms with Crippen LogP contribution in [0.15, 0.2) is 36.0 Å². The highest BCUT2D eigenvalue weighted by atomic mass is 16.5. The molecule has 0 N–H and O–H groups in total. The molecule has 0 unspecified atom stereocenters. The molecule has 0 aliphatic carbocycles. The maximum Gasteiger partial charge on any atom is 0.235 e. The van der Waals surface area contributed by atoms with E-state index in [-0.39, 0.29) is 5.91 Å². The van der Waals surface area contributed by atoms with Crippen molar-refractivity contribution < 1.29 is 9.53 Å². The van der Waals surface area contributed by atoms with Gasteiger partial charge in [-0.3, -0.25) is 9.69 Å². The molecule has 0 fully saturated rings. The van der Waals surface area contributed by atoms with Gasteiger partial charge in [0.05, 0.1) is 7.11 Å². The molecule has 1 aliphatic heterocycles. The number of nitrogens with zero attached hydrogens (tertiary/aromatic N) is 1. The molecular weight excluding hydrogens is 190 g/mol. The molecule has 0 aromatic heterocycles. The van der Waals surface area contributed by atoms with Crippen molar-refractivity contribution in [2.75, 3.05) is 12.0 Å². The number of carbonyl (C=O) groups excluding carboxylic acids is 1. The van der Waals surface area contributed by atoms with Crippen LogP contribution in [-0.2, 0) is 4.79 Å². The highest BCUT2D eigenvalue weighted by molar-refractivity contribution is 5.99. The van der Waals surface area contributed by atoms with Crippen LogP contribution in [0.2, 0.25) is 0 Å². The van der Waals surface area contributed by atoms with E-state index in [1.165, 1.54) is 0 Å². The molecule has 78 valence electrons. The standard InChI is InChI=1S/C12H13NO2/c1-9-7-12(14)13(8-9)10-3-5-11(15-2)6-4-10/h3-6,8H,7H2,1-2H3. The lowest BCUT2D eigenvalue weighted by atomic mass is 10.2. The first kappa shape index (κ1) is 9.77. The van der Waals surface area contributed by atoms with E-state index in [4.69, 9.17) is 4.74 Å². The lowest BCUT2D eigenvalue weighted by molar-refractivity contribution is -0.116. The minimum atomic E-state index is 0.123. The number of amides is 1. The van der Waals surface area contributed by atoms with Crippen molar-refractivity contribution in [3.8, 4) is 5.75 Å². The van der Waals surface area contributed by atoms with Crippen LogP contribution in [0.3, 0.4) is 0 Å². The summed E-state index contributed by atoms with van der Waals surface area (Å²) in [6.07, 6.45) is 2.40. The Morgan fingerprint density at radius 1 is 1.27 bits per heavy atom. The number of anilines is 1. The summed E-state index contributed by atoms with van der Waals surface area (Å²) in [6.45, 7) is 1.96. The van der Waals surface area contributed by atoms with Crippen molar-refractivity contribution in [3.05, 3.63) is 36.0 Å². The molecule has 0 saturated carbocycles. The van der Waals surface area contributed by atoms with E-state index in [2.05, 4.69) is 0 Å². The summed E-state index contributed by atoms with van der Waals surface area (Å²) in [5.41, 5.74) is 1.98. The number of ether oxygens (including phenoxy) is 1. The average Bonchev–Trinajstić information content (AvgIpc) is 2.58.